The molecule has 43 heavy (non-hydrogen) atoms. The molecule has 2 unspecified atom stereocenters. The second-order valence-corrected chi connectivity index (χ2v) is 12.4. The van der Waals surface area contributed by atoms with Crippen LogP contribution in [0.3, 0.4) is 0 Å². The van der Waals surface area contributed by atoms with Gasteiger partial charge in [0.1, 0.15) is 17.2 Å². The molecule has 234 valence electrons. The molecule has 3 N–H and O–H groups in total. The standard InChI is InChI=1S/C31H43N5O6S/c1-20-27(30(40)34-19-17-25(37)41-2)43-31(36(20)23-8-6-9-23)35-29(39)22-15-13-21(14-16-22)28(32)33-18-7-12-26(38)42-24-10-4-3-5-11-24/h13-16,20,23-24,27H,3-12,17-19H2,1-2H3,(H2,32,33)(H,34,40). The van der Waals surface area contributed by atoms with Crippen molar-refractivity contribution in [1.82, 2.24) is 10.2 Å². The van der Waals surface area contributed by atoms with E-state index in [-0.39, 0.29) is 49.0 Å². The average Bonchev–Trinajstić information content (AvgIpc) is 3.29. The number of amides is 2. The number of rotatable bonds is 12. The van der Waals surface area contributed by atoms with Crippen molar-refractivity contribution < 1.29 is 28.7 Å². The highest BCUT2D eigenvalue weighted by molar-refractivity contribution is 8.15. The van der Waals surface area contributed by atoms with E-state index in [0.717, 1.165) is 44.9 Å². The monoisotopic (exact) mass is 613 g/mol. The summed E-state index contributed by atoms with van der Waals surface area (Å²) >= 11 is 1.29. The van der Waals surface area contributed by atoms with Gasteiger partial charge >= 0.3 is 11.9 Å². The molecular formula is C31H43N5O6S. The Morgan fingerprint density at radius 2 is 1.67 bits per heavy atom. The van der Waals surface area contributed by atoms with Gasteiger partial charge in [-0.1, -0.05) is 30.3 Å². The molecular weight excluding hydrogens is 570 g/mol. The highest BCUT2D eigenvalue weighted by atomic mass is 32.2. The number of esters is 2. The third-order valence-electron chi connectivity index (χ3n) is 8.21. The van der Waals surface area contributed by atoms with Crippen LogP contribution >= 0.6 is 11.8 Å². The van der Waals surface area contributed by atoms with E-state index >= 15 is 0 Å². The summed E-state index contributed by atoms with van der Waals surface area (Å²) in [6, 6.07) is 6.89. The largest absolute Gasteiger partial charge is 0.469 e. The van der Waals surface area contributed by atoms with Crippen molar-refractivity contribution >= 4 is 46.5 Å². The number of amidine groups is 2. The minimum atomic E-state index is -0.447. The van der Waals surface area contributed by atoms with E-state index in [2.05, 4.69) is 24.9 Å². The Bertz CT molecular complexity index is 1210. The van der Waals surface area contributed by atoms with Gasteiger partial charge in [-0.3, -0.25) is 24.2 Å². The molecule has 1 aliphatic heterocycles. The van der Waals surface area contributed by atoms with E-state index in [1.54, 1.807) is 24.3 Å². The number of carbonyl (C=O) groups is 4. The summed E-state index contributed by atoms with van der Waals surface area (Å²) < 4.78 is 10.2. The first-order valence-electron chi connectivity index (χ1n) is 15.3. The number of hydrogen-bond acceptors (Lipinski definition) is 8. The Balaban J connectivity index is 1.31. The fourth-order valence-electron chi connectivity index (χ4n) is 5.47. The lowest BCUT2D eigenvalue weighted by Crippen LogP contribution is -2.49. The third kappa shape index (κ3) is 9.04. The summed E-state index contributed by atoms with van der Waals surface area (Å²) in [6.45, 7) is 2.57. The van der Waals surface area contributed by atoms with Crippen LogP contribution in [0, 0.1) is 0 Å². The predicted molar refractivity (Wildman–Crippen MR) is 166 cm³/mol. The molecule has 0 aromatic heterocycles. The van der Waals surface area contributed by atoms with Gasteiger partial charge < -0.3 is 25.4 Å². The van der Waals surface area contributed by atoms with Crippen LogP contribution in [0.1, 0.15) is 93.5 Å². The minimum absolute atomic E-state index is 0.0587. The molecule has 2 atom stereocenters. The molecule has 1 saturated heterocycles. The molecule has 1 aromatic rings. The maximum atomic E-state index is 13.2. The van der Waals surface area contributed by atoms with Crippen LogP contribution in [0.15, 0.2) is 34.3 Å². The number of carbonyl (C=O) groups excluding carboxylic acids is 4. The van der Waals surface area contributed by atoms with E-state index in [1.807, 2.05) is 6.92 Å². The van der Waals surface area contributed by atoms with Gasteiger partial charge in [-0.05, 0) is 70.4 Å². The minimum Gasteiger partial charge on any atom is -0.469 e. The summed E-state index contributed by atoms with van der Waals surface area (Å²) in [5.41, 5.74) is 7.24. The molecule has 3 aliphatic rings. The van der Waals surface area contributed by atoms with E-state index in [1.165, 1.54) is 25.3 Å². The summed E-state index contributed by atoms with van der Waals surface area (Å²) in [7, 11) is 1.31. The van der Waals surface area contributed by atoms with E-state index in [9.17, 15) is 19.2 Å². The molecule has 0 spiro atoms. The van der Waals surface area contributed by atoms with Crippen LogP contribution in [0.25, 0.3) is 0 Å². The zero-order chi connectivity index (χ0) is 30.8. The first-order chi connectivity index (χ1) is 20.8. The zero-order valence-electron chi connectivity index (χ0n) is 25.1. The van der Waals surface area contributed by atoms with Crippen molar-refractivity contribution in [2.45, 2.75) is 101 Å². The van der Waals surface area contributed by atoms with Crippen LogP contribution < -0.4 is 11.1 Å². The van der Waals surface area contributed by atoms with Gasteiger partial charge in [-0.2, -0.15) is 4.99 Å². The fraction of sp³-hybridized carbons (Fsp3) is 0.613. The molecule has 2 saturated carbocycles. The molecule has 3 fully saturated rings. The SMILES string of the molecule is COC(=O)CCNC(=O)C1SC(=NC(=O)c2ccc(C(N)=NCCCC(=O)OC3CCCCC3)cc2)N(C2CCC2)C1C. The molecule has 11 nitrogen and oxygen atoms in total. The number of hydrogen-bond donors (Lipinski definition) is 2. The number of methoxy groups -OCH3 is 1. The number of nitrogens with zero attached hydrogens (tertiary/aromatic N) is 3. The lowest BCUT2D eigenvalue weighted by Gasteiger charge is -2.39. The third-order valence-corrected chi connectivity index (χ3v) is 9.58. The van der Waals surface area contributed by atoms with Crippen molar-refractivity contribution in [3.8, 4) is 0 Å². The van der Waals surface area contributed by atoms with Gasteiger partial charge in [-0.25, -0.2) is 0 Å². The second kappa shape index (κ2) is 15.9. The molecule has 2 amide bonds. The van der Waals surface area contributed by atoms with Crippen molar-refractivity contribution in [3.63, 3.8) is 0 Å². The number of nitrogens with one attached hydrogen (secondary N) is 1. The summed E-state index contributed by atoms with van der Waals surface area (Å²) in [6.07, 6.45) is 9.46. The first-order valence-corrected chi connectivity index (χ1v) is 16.2. The molecule has 1 aromatic carbocycles. The Kier molecular flexibility index (Phi) is 12.0. The van der Waals surface area contributed by atoms with Gasteiger partial charge in [0, 0.05) is 42.7 Å². The Labute approximate surface area is 257 Å². The summed E-state index contributed by atoms with van der Waals surface area (Å²) in [4.78, 5) is 60.5. The number of aliphatic imine (C=N–C) groups is 2. The van der Waals surface area contributed by atoms with Crippen molar-refractivity contribution in [3.05, 3.63) is 35.4 Å². The number of benzene rings is 1. The van der Waals surface area contributed by atoms with Crippen LogP contribution in [0.2, 0.25) is 0 Å². The summed E-state index contributed by atoms with van der Waals surface area (Å²) in [5.74, 6) is -0.820. The first kappa shape index (κ1) is 32.5. The molecule has 2 aliphatic carbocycles. The highest BCUT2D eigenvalue weighted by Gasteiger charge is 2.45. The molecule has 4 rings (SSSR count). The topological polar surface area (TPSA) is 153 Å². The lowest BCUT2D eigenvalue weighted by atomic mass is 9.90. The molecule has 0 bridgehead atoms. The highest BCUT2D eigenvalue weighted by Crippen LogP contribution is 2.39. The van der Waals surface area contributed by atoms with Gasteiger partial charge in [-0.15, -0.1) is 0 Å². The smallest absolute Gasteiger partial charge is 0.307 e. The van der Waals surface area contributed by atoms with Crippen LogP contribution in [0.4, 0.5) is 0 Å². The maximum absolute atomic E-state index is 13.2. The molecule has 1 heterocycles. The van der Waals surface area contributed by atoms with Gasteiger partial charge in [0.15, 0.2) is 5.17 Å². The Hall–Kier alpha value is -3.41. The number of nitrogens with two attached hydrogens (primary N) is 1. The van der Waals surface area contributed by atoms with Crippen LogP contribution in [0.5, 0.6) is 0 Å². The van der Waals surface area contributed by atoms with E-state index in [4.69, 9.17) is 10.5 Å². The molecule has 12 heteroatoms. The average molecular weight is 614 g/mol. The Morgan fingerprint density at radius 1 is 0.977 bits per heavy atom. The van der Waals surface area contributed by atoms with Gasteiger partial charge in [0.05, 0.1) is 13.5 Å². The summed E-state index contributed by atoms with van der Waals surface area (Å²) in [5, 5.41) is 2.90. The lowest BCUT2D eigenvalue weighted by molar-refractivity contribution is -0.150. The normalized spacial score (nSPS) is 22.2. The van der Waals surface area contributed by atoms with E-state index < -0.39 is 11.2 Å². The fourth-order valence-corrected chi connectivity index (χ4v) is 6.79. The zero-order valence-corrected chi connectivity index (χ0v) is 25.9. The van der Waals surface area contributed by atoms with Crippen molar-refractivity contribution in [2.24, 2.45) is 15.7 Å². The van der Waals surface area contributed by atoms with Crippen molar-refractivity contribution in [1.29, 1.82) is 0 Å². The van der Waals surface area contributed by atoms with Gasteiger partial charge in [0.25, 0.3) is 5.91 Å². The Morgan fingerprint density at radius 3 is 2.33 bits per heavy atom. The maximum Gasteiger partial charge on any atom is 0.307 e. The second-order valence-electron chi connectivity index (χ2n) is 11.3. The van der Waals surface area contributed by atoms with Crippen LogP contribution in [-0.4, -0.2) is 83.3 Å². The van der Waals surface area contributed by atoms with Crippen molar-refractivity contribution in [2.75, 3.05) is 20.2 Å². The molecule has 0 radical (unpaired) electrons. The van der Waals surface area contributed by atoms with E-state index in [0.29, 0.717) is 41.5 Å². The number of ether oxygens (including phenoxy) is 2. The van der Waals surface area contributed by atoms with Crippen LogP contribution in [-0.2, 0) is 23.9 Å². The van der Waals surface area contributed by atoms with Gasteiger partial charge in [0.2, 0.25) is 5.91 Å². The predicted octanol–water partition coefficient (Wildman–Crippen LogP) is 3.58. The quantitative estimate of drug-likeness (QED) is 0.156. The number of thioether (sulfide) groups is 1.